The van der Waals surface area contributed by atoms with E-state index in [1.165, 1.54) is 0 Å². The van der Waals surface area contributed by atoms with Crippen molar-refractivity contribution >= 4 is 17.5 Å². The summed E-state index contributed by atoms with van der Waals surface area (Å²) >= 11 is 0. The second-order valence-corrected chi connectivity index (χ2v) is 7.10. The summed E-state index contributed by atoms with van der Waals surface area (Å²) in [5.74, 6) is 2.18. The average Bonchev–Trinajstić information content (AvgIpc) is 3.28. The molecule has 0 radical (unpaired) electrons. The molecule has 3 rings (SSSR count). The number of aryl methyl sites for hydroxylation is 1. The minimum absolute atomic E-state index is 0.00615. The zero-order chi connectivity index (χ0) is 22.2. The van der Waals surface area contributed by atoms with Gasteiger partial charge >= 0.3 is 0 Å². The second kappa shape index (κ2) is 10.5. The summed E-state index contributed by atoms with van der Waals surface area (Å²) < 4.78 is 11.0. The van der Waals surface area contributed by atoms with Crippen LogP contribution in [-0.4, -0.2) is 36.9 Å². The number of hydrogen-bond donors (Lipinski definition) is 1. The van der Waals surface area contributed by atoms with Crippen molar-refractivity contribution in [3.8, 4) is 17.1 Å². The van der Waals surface area contributed by atoms with Crippen LogP contribution in [0.4, 0.5) is 5.69 Å². The van der Waals surface area contributed by atoms with E-state index in [-0.39, 0.29) is 11.8 Å². The molecule has 0 aliphatic heterocycles. The number of ether oxygens (including phenoxy) is 1. The molecule has 6 nitrogen and oxygen atoms in total. The number of hydrogen-bond acceptors (Lipinski definition) is 4. The van der Waals surface area contributed by atoms with Gasteiger partial charge in [-0.3, -0.25) is 9.59 Å². The molecular formula is C25H28N2O4. The van der Waals surface area contributed by atoms with E-state index in [4.69, 9.17) is 9.15 Å². The van der Waals surface area contributed by atoms with Crippen LogP contribution < -0.4 is 10.1 Å². The summed E-state index contributed by atoms with van der Waals surface area (Å²) in [5, 5.41) is 2.87. The maximum absolute atomic E-state index is 12.4. The Hall–Kier alpha value is -3.54. The lowest BCUT2D eigenvalue weighted by atomic mass is 10.1. The molecule has 2 aromatic carbocycles. The van der Waals surface area contributed by atoms with Gasteiger partial charge < -0.3 is 19.4 Å². The fourth-order valence-corrected chi connectivity index (χ4v) is 3.27. The first-order chi connectivity index (χ1) is 15.0. The van der Waals surface area contributed by atoms with Crippen molar-refractivity contribution in [1.29, 1.82) is 0 Å². The van der Waals surface area contributed by atoms with Crippen molar-refractivity contribution in [3.05, 3.63) is 72.0 Å². The van der Waals surface area contributed by atoms with E-state index < -0.39 is 0 Å². The van der Waals surface area contributed by atoms with E-state index in [0.717, 1.165) is 22.8 Å². The Kier molecular flexibility index (Phi) is 7.49. The van der Waals surface area contributed by atoms with Gasteiger partial charge in [0, 0.05) is 42.7 Å². The molecule has 0 aliphatic carbocycles. The topological polar surface area (TPSA) is 71.8 Å². The number of amides is 2. The summed E-state index contributed by atoms with van der Waals surface area (Å²) in [6.45, 7) is 5.24. The molecule has 1 heterocycles. The van der Waals surface area contributed by atoms with Gasteiger partial charge in [0.1, 0.15) is 17.3 Å². The molecule has 0 spiro atoms. The van der Waals surface area contributed by atoms with E-state index in [9.17, 15) is 9.59 Å². The fraction of sp³-hybridized carbons (Fsp3) is 0.280. The molecule has 0 fully saturated rings. The van der Waals surface area contributed by atoms with Crippen LogP contribution in [0.15, 0.2) is 65.1 Å². The third-order valence-electron chi connectivity index (χ3n) is 5.10. The zero-order valence-electron chi connectivity index (χ0n) is 18.2. The van der Waals surface area contributed by atoms with E-state index in [2.05, 4.69) is 5.32 Å². The van der Waals surface area contributed by atoms with Crippen LogP contribution in [0.2, 0.25) is 0 Å². The summed E-state index contributed by atoms with van der Waals surface area (Å²) in [6.07, 6.45) is 0.802. The van der Waals surface area contributed by atoms with Gasteiger partial charge in [-0.15, -0.1) is 0 Å². The molecule has 0 atom stereocenters. The number of rotatable bonds is 9. The van der Waals surface area contributed by atoms with Gasteiger partial charge in [-0.2, -0.15) is 0 Å². The van der Waals surface area contributed by atoms with E-state index >= 15 is 0 Å². The number of carbonyl (C=O) groups is 2. The highest BCUT2D eigenvalue weighted by Crippen LogP contribution is 2.25. The molecule has 0 unspecified atom stereocenters. The molecular weight excluding hydrogens is 392 g/mol. The third-order valence-corrected chi connectivity index (χ3v) is 5.10. The minimum Gasteiger partial charge on any atom is -0.497 e. The molecule has 31 heavy (non-hydrogen) atoms. The van der Waals surface area contributed by atoms with Gasteiger partial charge in [-0.25, -0.2) is 0 Å². The number of nitrogens with zero attached hydrogens (tertiary/aromatic N) is 1. The smallest absolute Gasteiger partial charge is 0.253 e. The minimum atomic E-state index is -0.106. The molecule has 3 aromatic rings. The summed E-state index contributed by atoms with van der Waals surface area (Å²) in [6, 6.07) is 18.4. The largest absolute Gasteiger partial charge is 0.497 e. The van der Waals surface area contributed by atoms with Gasteiger partial charge in [0.25, 0.3) is 5.91 Å². The fourth-order valence-electron chi connectivity index (χ4n) is 3.27. The van der Waals surface area contributed by atoms with Gasteiger partial charge in [0.2, 0.25) is 5.91 Å². The molecule has 0 aliphatic rings. The number of anilines is 1. The van der Waals surface area contributed by atoms with Crippen LogP contribution >= 0.6 is 0 Å². The highest BCUT2D eigenvalue weighted by atomic mass is 16.5. The summed E-state index contributed by atoms with van der Waals surface area (Å²) in [7, 11) is 1.63. The van der Waals surface area contributed by atoms with Crippen molar-refractivity contribution in [2.45, 2.75) is 26.7 Å². The molecule has 0 saturated heterocycles. The van der Waals surface area contributed by atoms with Crippen LogP contribution in [-0.2, 0) is 11.2 Å². The number of furan rings is 1. The summed E-state index contributed by atoms with van der Waals surface area (Å²) in [5.41, 5.74) is 2.23. The average molecular weight is 421 g/mol. The maximum Gasteiger partial charge on any atom is 0.253 e. The highest BCUT2D eigenvalue weighted by molar-refractivity contribution is 5.95. The lowest BCUT2D eigenvalue weighted by Gasteiger charge is -2.18. The molecule has 162 valence electrons. The maximum atomic E-state index is 12.4. The Bertz CT molecular complexity index is 1000. The lowest BCUT2D eigenvalue weighted by Crippen LogP contribution is -2.30. The van der Waals surface area contributed by atoms with Crippen LogP contribution in [0, 0.1) is 0 Å². The molecule has 0 saturated carbocycles. The van der Waals surface area contributed by atoms with Crippen LogP contribution in [0.1, 0.15) is 36.4 Å². The predicted octanol–water partition coefficient (Wildman–Crippen LogP) is 5.01. The number of nitrogens with one attached hydrogen (secondary N) is 1. The Morgan fingerprint density at radius 2 is 1.61 bits per heavy atom. The molecule has 0 bridgehead atoms. The monoisotopic (exact) mass is 420 g/mol. The molecule has 6 heteroatoms. The van der Waals surface area contributed by atoms with Crippen LogP contribution in [0.25, 0.3) is 11.3 Å². The molecule has 1 aromatic heterocycles. The standard InChI is InChI=1S/C25H28N2O4/c1-4-27(5-2)25(29)19-6-10-20(11-7-19)26-24(28)17-15-22-14-16-23(31-22)18-8-12-21(30-3)13-9-18/h6-14,16H,4-5,15,17H2,1-3H3,(H,26,28). The van der Waals surface area contributed by atoms with Crippen LogP contribution in [0.3, 0.4) is 0 Å². The summed E-state index contributed by atoms with van der Waals surface area (Å²) in [4.78, 5) is 26.4. The third kappa shape index (κ3) is 5.75. The first kappa shape index (κ1) is 22.2. The molecule has 2 amide bonds. The first-order valence-corrected chi connectivity index (χ1v) is 10.5. The van der Waals surface area contributed by atoms with E-state index in [1.54, 1.807) is 36.3 Å². The van der Waals surface area contributed by atoms with Crippen molar-refractivity contribution in [2.75, 3.05) is 25.5 Å². The number of methoxy groups -OCH3 is 1. The van der Waals surface area contributed by atoms with E-state index in [0.29, 0.717) is 37.2 Å². The van der Waals surface area contributed by atoms with Crippen LogP contribution in [0.5, 0.6) is 5.75 Å². The highest BCUT2D eigenvalue weighted by Gasteiger charge is 2.13. The molecule has 1 N–H and O–H groups in total. The van der Waals surface area contributed by atoms with Crippen molar-refractivity contribution in [2.24, 2.45) is 0 Å². The Labute approximate surface area is 182 Å². The number of carbonyl (C=O) groups excluding carboxylic acids is 2. The van der Waals surface area contributed by atoms with Gasteiger partial charge in [0.05, 0.1) is 7.11 Å². The van der Waals surface area contributed by atoms with Gasteiger partial charge in [-0.05, 0) is 74.5 Å². The van der Waals surface area contributed by atoms with Gasteiger partial charge in [0.15, 0.2) is 0 Å². The Morgan fingerprint density at radius 3 is 2.23 bits per heavy atom. The van der Waals surface area contributed by atoms with Crippen molar-refractivity contribution in [3.63, 3.8) is 0 Å². The SMILES string of the molecule is CCN(CC)C(=O)c1ccc(NC(=O)CCc2ccc(-c3ccc(OC)cc3)o2)cc1. The quantitative estimate of drug-likeness (QED) is 0.528. The van der Waals surface area contributed by atoms with Crippen molar-refractivity contribution in [1.82, 2.24) is 4.90 Å². The lowest BCUT2D eigenvalue weighted by molar-refractivity contribution is -0.116. The normalized spacial score (nSPS) is 10.5. The predicted molar refractivity (Wildman–Crippen MR) is 121 cm³/mol. The zero-order valence-corrected chi connectivity index (χ0v) is 18.2. The van der Waals surface area contributed by atoms with Crippen molar-refractivity contribution < 1.29 is 18.7 Å². The Balaban J connectivity index is 1.52. The van der Waals surface area contributed by atoms with Gasteiger partial charge in [-0.1, -0.05) is 0 Å². The van der Waals surface area contributed by atoms with E-state index in [1.807, 2.05) is 50.2 Å². The second-order valence-electron chi connectivity index (χ2n) is 7.10. The first-order valence-electron chi connectivity index (χ1n) is 10.5. The number of benzene rings is 2. The Morgan fingerprint density at radius 1 is 0.935 bits per heavy atom.